The number of nitrogens with one attached hydrogen (secondary N) is 1. The molecule has 0 aromatic carbocycles. The summed E-state index contributed by atoms with van der Waals surface area (Å²) in [4.78, 5) is 4.31. The van der Waals surface area contributed by atoms with E-state index in [1.54, 1.807) is 6.20 Å². The highest BCUT2D eigenvalue weighted by Crippen LogP contribution is 2.47. The molecule has 3 atom stereocenters. The van der Waals surface area contributed by atoms with Gasteiger partial charge in [-0.05, 0) is 48.9 Å². The summed E-state index contributed by atoms with van der Waals surface area (Å²) in [6.45, 7) is 3.88. The van der Waals surface area contributed by atoms with Gasteiger partial charge in [-0.1, -0.05) is 13.0 Å². The molecule has 2 N–H and O–H groups in total. The van der Waals surface area contributed by atoms with Crippen molar-refractivity contribution in [1.82, 2.24) is 10.3 Å². The Kier molecular flexibility index (Phi) is 4.90. The summed E-state index contributed by atoms with van der Waals surface area (Å²) in [5.41, 5.74) is 1.02. The molecule has 0 spiro atoms. The van der Waals surface area contributed by atoms with Crippen molar-refractivity contribution in [3.05, 3.63) is 53.7 Å². The highest BCUT2D eigenvalue weighted by molar-refractivity contribution is 5.17. The molecule has 0 bridgehead atoms. The highest BCUT2D eigenvalue weighted by Gasteiger charge is 2.36. The van der Waals surface area contributed by atoms with Crippen molar-refractivity contribution in [2.75, 3.05) is 13.2 Å². The third kappa shape index (κ3) is 3.96. The normalized spacial score (nSPS) is 21.7. The van der Waals surface area contributed by atoms with Crippen LogP contribution in [0.2, 0.25) is 0 Å². The minimum Gasteiger partial charge on any atom is -0.464 e. The summed E-state index contributed by atoms with van der Waals surface area (Å²) in [6.07, 6.45) is 3.82. The van der Waals surface area contributed by atoms with Crippen molar-refractivity contribution in [2.24, 2.45) is 11.8 Å². The van der Waals surface area contributed by atoms with Crippen LogP contribution in [0.5, 0.6) is 0 Å². The van der Waals surface area contributed by atoms with Crippen LogP contribution in [-0.2, 0) is 13.0 Å². The van der Waals surface area contributed by atoms with Gasteiger partial charge < -0.3 is 14.8 Å². The van der Waals surface area contributed by atoms with Crippen molar-refractivity contribution >= 4 is 0 Å². The molecule has 0 amide bonds. The Hall–Kier alpha value is -1.65. The number of aliphatic hydroxyl groups is 1. The molecule has 2 heterocycles. The van der Waals surface area contributed by atoms with Crippen LogP contribution in [0.25, 0.3) is 0 Å². The van der Waals surface area contributed by atoms with Crippen LogP contribution in [0.1, 0.15) is 36.5 Å². The Bertz CT molecular complexity index is 582. The Labute approximate surface area is 131 Å². The second-order valence-electron chi connectivity index (χ2n) is 6.33. The standard InChI is InChI=1S/C18H24N2O2/c1-13-8-17(13)18-6-5-16(22-18)11-19-10-14(12-21)9-15-4-2-3-7-20-15/h2-7,13-14,17,19,21H,8-12H2,1H3. The number of furan rings is 1. The van der Waals surface area contributed by atoms with Crippen LogP contribution in [0.15, 0.2) is 40.9 Å². The van der Waals surface area contributed by atoms with Gasteiger partial charge in [0.1, 0.15) is 11.5 Å². The zero-order valence-corrected chi connectivity index (χ0v) is 13.0. The van der Waals surface area contributed by atoms with Crippen LogP contribution in [0.4, 0.5) is 0 Å². The number of hydrogen-bond acceptors (Lipinski definition) is 4. The lowest BCUT2D eigenvalue weighted by molar-refractivity contribution is 0.219. The first-order chi connectivity index (χ1) is 10.8. The van der Waals surface area contributed by atoms with E-state index >= 15 is 0 Å². The molecule has 2 aromatic rings. The molecule has 1 saturated carbocycles. The minimum absolute atomic E-state index is 0.159. The van der Waals surface area contributed by atoms with E-state index in [1.165, 1.54) is 6.42 Å². The van der Waals surface area contributed by atoms with Crippen molar-refractivity contribution in [1.29, 1.82) is 0 Å². The largest absolute Gasteiger partial charge is 0.464 e. The maximum atomic E-state index is 9.51. The Morgan fingerprint density at radius 1 is 1.36 bits per heavy atom. The SMILES string of the molecule is CC1CC1c1ccc(CNCC(CO)Cc2ccccn2)o1. The van der Waals surface area contributed by atoms with Crippen molar-refractivity contribution < 1.29 is 9.52 Å². The van der Waals surface area contributed by atoms with Gasteiger partial charge in [0.25, 0.3) is 0 Å². The van der Waals surface area contributed by atoms with Gasteiger partial charge in [-0.15, -0.1) is 0 Å². The second kappa shape index (κ2) is 7.07. The fourth-order valence-electron chi connectivity index (χ4n) is 2.82. The zero-order chi connectivity index (χ0) is 15.4. The van der Waals surface area contributed by atoms with Gasteiger partial charge in [-0.3, -0.25) is 4.98 Å². The molecular weight excluding hydrogens is 276 g/mol. The summed E-state index contributed by atoms with van der Waals surface area (Å²) < 4.78 is 5.87. The molecule has 22 heavy (non-hydrogen) atoms. The summed E-state index contributed by atoms with van der Waals surface area (Å²) in [5, 5.41) is 12.9. The lowest BCUT2D eigenvalue weighted by Crippen LogP contribution is -2.26. The topological polar surface area (TPSA) is 58.3 Å². The molecule has 4 heteroatoms. The first kappa shape index (κ1) is 15.3. The predicted molar refractivity (Wildman–Crippen MR) is 85.5 cm³/mol. The third-order valence-corrected chi connectivity index (χ3v) is 4.37. The van der Waals surface area contributed by atoms with Crippen LogP contribution in [0, 0.1) is 11.8 Å². The monoisotopic (exact) mass is 300 g/mol. The summed E-state index contributed by atoms with van der Waals surface area (Å²) >= 11 is 0. The number of rotatable bonds is 8. The summed E-state index contributed by atoms with van der Waals surface area (Å²) in [6, 6.07) is 10.0. The zero-order valence-electron chi connectivity index (χ0n) is 13.0. The van der Waals surface area contributed by atoms with Gasteiger partial charge in [0.05, 0.1) is 6.54 Å². The highest BCUT2D eigenvalue weighted by atomic mass is 16.3. The lowest BCUT2D eigenvalue weighted by Gasteiger charge is -2.14. The molecule has 1 aliphatic rings. The van der Waals surface area contributed by atoms with Gasteiger partial charge in [-0.2, -0.15) is 0 Å². The molecular formula is C18H24N2O2. The van der Waals surface area contributed by atoms with Crippen molar-refractivity contribution in [3.8, 4) is 0 Å². The van der Waals surface area contributed by atoms with E-state index in [9.17, 15) is 5.11 Å². The maximum absolute atomic E-state index is 9.51. The lowest BCUT2D eigenvalue weighted by atomic mass is 10.0. The van der Waals surface area contributed by atoms with Gasteiger partial charge in [0.15, 0.2) is 0 Å². The fraction of sp³-hybridized carbons (Fsp3) is 0.500. The molecule has 118 valence electrons. The van der Waals surface area contributed by atoms with Crippen molar-refractivity contribution in [2.45, 2.75) is 32.2 Å². The van der Waals surface area contributed by atoms with Crippen LogP contribution < -0.4 is 5.32 Å². The third-order valence-electron chi connectivity index (χ3n) is 4.37. The Balaban J connectivity index is 1.44. The first-order valence-electron chi connectivity index (χ1n) is 8.06. The molecule has 2 aromatic heterocycles. The average Bonchev–Trinajstić information content (AvgIpc) is 3.09. The summed E-state index contributed by atoms with van der Waals surface area (Å²) in [5.74, 6) is 3.67. The molecule has 3 rings (SSSR count). The van der Waals surface area contributed by atoms with E-state index in [0.29, 0.717) is 12.5 Å². The average molecular weight is 300 g/mol. The summed E-state index contributed by atoms with van der Waals surface area (Å²) in [7, 11) is 0. The van der Waals surface area contributed by atoms with Crippen LogP contribution >= 0.6 is 0 Å². The quantitative estimate of drug-likeness (QED) is 0.787. The van der Waals surface area contributed by atoms with Gasteiger partial charge in [0.2, 0.25) is 0 Å². The molecule has 1 fully saturated rings. The van der Waals surface area contributed by atoms with E-state index in [1.807, 2.05) is 18.2 Å². The van der Waals surface area contributed by atoms with Crippen LogP contribution in [-0.4, -0.2) is 23.2 Å². The number of aliphatic hydroxyl groups excluding tert-OH is 1. The van der Waals surface area contributed by atoms with E-state index in [0.717, 1.165) is 36.1 Å². The number of aromatic nitrogens is 1. The maximum Gasteiger partial charge on any atom is 0.117 e. The number of pyridine rings is 1. The van der Waals surface area contributed by atoms with E-state index in [-0.39, 0.29) is 12.5 Å². The van der Waals surface area contributed by atoms with Crippen LogP contribution in [0.3, 0.4) is 0 Å². The number of nitrogens with zero attached hydrogens (tertiary/aromatic N) is 1. The predicted octanol–water partition coefficient (Wildman–Crippen LogP) is 2.74. The Morgan fingerprint density at radius 2 is 2.23 bits per heavy atom. The van der Waals surface area contributed by atoms with E-state index < -0.39 is 0 Å². The van der Waals surface area contributed by atoms with E-state index in [2.05, 4.69) is 29.4 Å². The van der Waals surface area contributed by atoms with Gasteiger partial charge in [-0.25, -0.2) is 0 Å². The fourth-order valence-corrected chi connectivity index (χ4v) is 2.82. The molecule has 0 aliphatic heterocycles. The Morgan fingerprint density at radius 3 is 2.91 bits per heavy atom. The van der Waals surface area contributed by atoms with Crippen molar-refractivity contribution in [3.63, 3.8) is 0 Å². The smallest absolute Gasteiger partial charge is 0.117 e. The second-order valence-corrected chi connectivity index (χ2v) is 6.33. The number of hydrogen-bond donors (Lipinski definition) is 2. The molecule has 1 aliphatic carbocycles. The molecule has 0 saturated heterocycles. The van der Waals surface area contributed by atoms with E-state index in [4.69, 9.17) is 4.42 Å². The first-order valence-corrected chi connectivity index (χ1v) is 8.06. The molecule has 0 radical (unpaired) electrons. The van der Waals surface area contributed by atoms with Gasteiger partial charge >= 0.3 is 0 Å². The minimum atomic E-state index is 0.159. The molecule has 3 unspecified atom stereocenters. The molecule has 4 nitrogen and oxygen atoms in total. The van der Waals surface area contributed by atoms with Gasteiger partial charge in [0, 0.05) is 31.0 Å².